The number of Topliss-reactive ketones (excluding diaryl/α,β-unsaturated/α-hetero) is 1. The van der Waals surface area contributed by atoms with Gasteiger partial charge in [0.2, 0.25) is 0 Å². The highest BCUT2D eigenvalue weighted by Gasteiger charge is 2.47. The maximum atomic E-state index is 13.3. The lowest BCUT2D eigenvalue weighted by molar-refractivity contribution is -0.146. The lowest BCUT2D eigenvalue weighted by Gasteiger charge is -2.26. The number of aryl methyl sites for hydroxylation is 1. The number of esters is 1. The van der Waals surface area contributed by atoms with Crippen LogP contribution in [0.2, 0.25) is 5.02 Å². The van der Waals surface area contributed by atoms with E-state index in [1.54, 1.807) is 62.4 Å². The number of aliphatic hydroxyl groups is 1. The van der Waals surface area contributed by atoms with Gasteiger partial charge in [0.1, 0.15) is 5.76 Å². The van der Waals surface area contributed by atoms with E-state index < -0.39 is 17.7 Å². The molecule has 1 amide bonds. The van der Waals surface area contributed by atoms with Gasteiger partial charge in [-0.25, -0.2) is 0 Å². The van der Waals surface area contributed by atoms with Gasteiger partial charge in [0.05, 0.1) is 24.1 Å². The van der Waals surface area contributed by atoms with E-state index in [1.165, 1.54) is 4.90 Å². The monoisotopic (exact) mass is 503 g/mol. The van der Waals surface area contributed by atoms with E-state index in [1.807, 2.05) is 31.2 Å². The molecule has 0 radical (unpaired) electrons. The van der Waals surface area contributed by atoms with Gasteiger partial charge in [0.25, 0.3) is 11.7 Å². The molecule has 0 spiro atoms. The van der Waals surface area contributed by atoms with Crippen molar-refractivity contribution >= 4 is 40.7 Å². The molecule has 0 aromatic heterocycles. The molecule has 1 atom stereocenters. The van der Waals surface area contributed by atoms with Crippen LogP contribution in [0.5, 0.6) is 0 Å². The Morgan fingerprint density at radius 1 is 1.03 bits per heavy atom. The molecule has 1 aliphatic heterocycles. The van der Waals surface area contributed by atoms with Crippen LogP contribution in [0.25, 0.3) is 5.76 Å². The first-order valence-corrected chi connectivity index (χ1v) is 12.0. The summed E-state index contributed by atoms with van der Waals surface area (Å²) >= 11 is 6.11. The molecule has 4 rings (SSSR count). The molecular weight excluding hydrogens is 478 g/mol. The van der Waals surface area contributed by atoms with E-state index in [2.05, 4.69) is 0 Å². The maximum absolute atomic E-state index is 13.3. The number of benzene rings is 3. The molecule has 1 unspecified atom stereocenters. The Morgan fingerprint density at radius 3 is 2.36 bits per heavy atom. The van der Waals surface area contributed by atoms with Crippen molar-refractivity contribution in [3.8, 4) is 0 Å². The van der Waals surface area contributed by atoms with Crippen LogP contribution in [0.3, 0.4) is 0 Å². The first-order chi connectivity index (χ1) is 17.2. The normalized spacial score (nSPS) is 17.0. The summed E-state index contributed by atoms with van der Waals surface area (Å²) < 4.78 is 5.20. The SMILES string of the molecule is Cc1cccc(C2/C(=C(/O)c3cccc(Cl)c3)C(=O)C(=O)N2c2ccc(CC(=O)OC(C)C)cc2)c1. The first kappa shape index (κ1) is 25.2. The molecule has 3 aromatic carbocycles. The van der Waals surface area contributed by atoms with Crippen LogP contribution in [0.4, 0.5) is 5.69 Å². The maximum Gasteiger partial charge on any atom is 0.310 e. The Balaban J connectivity index is 1.79. The predicted molar refractivity (Wildman–Crippen MR) is 139 cm³/mol. The number of ether oxygens (including phenoxy) is 1. The van der Waals surface area contributed by atoms with Gasteiger partial charge < -0.3 is 9.84 Å². The quantitative estimate of drug-likeness (QED) is 0.200. The fourth-order valence-electron chi connectivity index (χ4n) is 4.29. The van der Waals surface area contributed by atoms with E-state index in [-0.39, 0.29) is 29.8 Å². The van der Waals surface area contributed by atoms with Crippen LogP contribution >= 0.6 is 11.6 Å². The van der Waals surface area contributed by atoms with Crippen LogP contribution in [-0.2, 0) is 25.5 Å². The predicted octanol–water partition coefficient (Wildman–Crippen LogP) is 5.77. The molecule has 0 saturated carbocycles. The number of anilines is 1. The summed E-state index contributed by atoms with van der Waals surface area (Å²) in [5.74, 6) is -2.18. The Hall–Kier alpha value is -3.90. The highest BCUT2D eigenvalue weighted by molar-refractivity contribution is 6.51. The number of carbonyl (C=O) groups excluding carboxylic acids is 3. The Labute approximate surface area is 214 Å². The summed E-state index contributed by atoms with van der Waals surface area (Å²) in [6.45, 7) is 5.48. The van der Waals surface area contributed by atoms with Crippen molar-refractivity contribution in [1.82, 2.24) is 0 Å². The number of rotatable bonds is 6. The van der Waals surface area contributed by atoms with Crippen LogP contribution in [-0.4, -0.2) is 28.9 Å². The van der Waals surface area contributed by atoms with Crippen molar-refractivity contribution in [2.24, 2.45) is 0 Å². The Kier molecular flexibility index (Phi) is 7.27. The molecule has 6 nitrogen and oxygen atoms in total. The molecule has 184 valence electrons. The number of aliphatic hydroxyl groups excluding tert-OH is 1. The number of hydrogen-bond donors (Lipinski definition) is 1. The molecule has 1 saturated heterocycles. The molecular formula is C29H26ClNO5. The molecule has 0 bridgehead atoms. The first-order valence-electron chi connectivity index (χ1n) is 11.6. The van der Waals surface area contributed by atoms with Crippen molar-refractivity contribution in [3.63, 3.8) is 0 Å². The van der Waals surface area contributed by atoms with E-state index in [0.717, 1.165) is 5.56 Å². The van der Waals surface area contributed by atoms with Crippen LogP contribution in [0, 0.1) is 6.92 Å². The number of carbonyl (C=O) groups is 3. The summed E-state index contributed by atoms with van der Waals surface area (Å²) in [6, 6.07) is 19.9. The summed E-state index contributed by atoms with van der Waals surface area (Å²) in [6.07, 6.45) is -0.120. The van der Waals surface area contributed by atoms with Crippen LogP contribution in [0.15, 0.2) is 78.4 Å². The van der Waals surface area contributed by atoms with Gasteiger partial charge in [0, 0.05) is 16.3 Å². The van der Waals surface area contributed by atoms with E-state index in [9.17, 15) is 19.5 Å². The lowest BCUT2D eigenvalue weighted by atomic mass is 9.94. The molecule has 1 N–H and O–H groups in total. The fraction of sp³-hybridized carbons (Fsp3) is 0.207. The fourth-order valence-corrected chi connectivity index (χ4v) is 4.48. The second-order valence-corrected chi connectivity index (χ2v) is 9.41. The topological polar surface area (TPSA) is 83.9 Å². The van der Waals surface area contributed by atoms with Gasteiger partial charge in [-0.1, -0.05) is 65.7 Å². The highest BCUT2D eigenvalue weighted by Crippen LogP contribution is 2.42. The van der Waals surface area contributed by atoms with Crippen LogP contribution in [0.1, 0.15) is 42.1 Å². The number of nitrogens with zero attached hydrogens (tertiary/aromatic N) is 1. The Bertz CT molecular complexity index is 1360. The van der Waals surface area contributed by atoms with Gasteiger partial charge in [-0.2, -0.15) is 0 Å². The van der Waals surface area contributed by atoms with Gasteiger partial charge in [0.15, 0.2) is 0 Å². The van der Waals surface area contributed by atoms with Crippen LogP contribution < -0.4 is 4.90 Å². The van der Waals surface area contributed by atoms with Crippen molar-refractivity contribution in [2.75, 3.05) is 4.90 Å². The van der Waals surface area contributed by atoms with E-state index in [4.69, 9.17) is 16.3 Å². The Morgan fingerprint density at radius 2 is 1.72 bits per heavy atom. The van der Waals surface area contributed by atoms with Gasteiger partial charge in [-0.05, 0) is 56.2 Å². The van der Waals surface area contributed by atoms with Crippen molar-refractivity contribution in [1.29, 1.82) is 0 Å². The summed E-state index contributed by atoms with van der Waals surface area (Å²) in [7, 11) is 0. The zero-order valence-corrected chi connectivity index (χ0v) is 21.0. The molecule has 0 aliphatic carbocycles. The van der Waals surface area contributed by atoms with Crippen molar-refractivity contribution in [3.05, 3.63) is 106 Å². The van der Waals surface area contributed by atoms with Gasteiger partial charge >= 0.3 is 5.97 Å². The smallest absolute Gasteiger partial charge is 0.310 e. The summed E-state index contributed by atoms with van der Waals surface area (Å²) in [5, 5.41) is 11.6. The number of halogens is 1. The van der Waals surface area contributed by atoms with Crippen molar-refractivity contribution in [2.45, 2.75) is 39.3 Å². The van der Waals surface area contributed by atoms with Gasteiger partial charge in [-0.3, -0.25) is 19.3 Å². The largest absolute Gasteiger partial charge is 0.507 e. The number of hydrogen-bond acceptors (Lipinski definition) is 5. The minimum atomic E-state index is -0.847. The van der Waals surface area contributed by atoms with Crippen molar-refractivity contribution < 1.29 is 24.2 Å². The molecule has 1 aliphatic rings. The standard InChI is InChI=1S/C29H26ClNO5/c1-17(2)36-24(32)15-19-10-12-23(13-11-19)31-26(20-7-4-6-18(3)14-20)25(28(34)29(31)35)27(33)21-8-5-9-22(30)16-21/h4-14,16-17,26,33H,15H2,1-3H3/b27-25-. The summed E-state index contributed by atoms with van der Waals surface area (Å²) in [5.41, 5.74) is 3.14. The minimum Gasteiger partial charge on any atom is -0.507 e. The summed E-state index contributed by atoms with van der Waals surface area (Å²) in [4.78, 5) is 40.0. The third-order valence-electron chi connectivity index (χ3n) is 5.83. The average molecular weight is 504 g/mol. The molecule has 1 heterocycles. The highest BCUT2D eigenvalue weighted by atomic mass is 35.5. The number of ketones is 1. The second-order valence-electron chi connectivity index (χ2n) is 8.98. The van der Waals surface area contributed by atoms with E-state index >= 15 is 0 Å². The molecule has 36 heavy (non-hydrogen) atoms. The minimum absolute atomic E-state index is 0.0162. The molecule has 1 fully saturated rings. The van der Waals surface area contributed by atoms with E-state index in [0.29, 0.717) is 27.4 Å². The zero-order chi connectivity index (χ0) is 26.0. The molecule has 3 aromatic rings. The third-order valence-corrected chi connectivity index (χ3v) is 6.07. The second kappa shape index (κ2) is 10.4. The lowest BCUT2D eigenvalue weighted by Crippen LogP contribution is -2.29. The van der Waals surface area contributed by atoms with Gasteiger partial charge in [-0.15, -0.1) is 0 Å². The molecule has 7 heteroatoms. The third kappa shape index (κ3) is 5.19. The average Bonchev–Trinajstić information content (AvgIpc) is 3.09. The number of amides is 1. The zero-order valence-electron chi connectivity index (χ0n) is 20.2.